The Labute approximate surface area is 154 Å². The Hall–Kier alpha value is -3.06. The van der Waals surface area contributed by atoms with Crippen LogP contribution in [0.25, 0.3) is 10.9 Å². The van der Waals surface area contributed by atoms with E-state index in [0.717, 1.165) is 20.8 Å². The second-order valence-corrected chi connectivity index (χ2v) is 6.99. The molecule has 0 saturated carbocycles. The highest BCUT2D eigenvalue weighted by atomic mass is 32.2. The van der Waals surface area contributed by atoms with Crippen molar-refractivity contribution >= 4 is 34.3 Å². The van der Waals surface area contributed by atoms with Gasteiger partial charge >= 0.3 is 0 Å². The van der Waals surface area contributed by atoms with Crippen molar-refractivity contribution in [2.75, 3.05) is 5.32 Å². The molecule has 0 atom stereocenters. The lowest BCUT2D eigenvalue weighted by molar-refractivity contribution is 0.102. The van der Waals surface area contributed by atoms with Crippen LogP contribution in [0.4, 0.5) is 5.69 Å². The standard InChI is InChI=1S/C19H17N5OS/c1-12-17(19(24(2)23-12)26-15-6-4-3-5-7-15)18(25)21-14-9-8-13-11-20-22-16(13)10-14/h3-11H,1-2H3,(H,20,22)(H,21,25). The van der Waals surface area contributed by atoms with Crippen LogP contribution in [0.2, 0.25) is 0 Å². The molecule has 0 spiro atoms. The quantitative estimate of drug-likeness (QED) is 0.574. The van der Waals surface area contributed by atoms with Crippen molar-refractivity contribution in [2.24, 2.45) is 7.05 Å². The van der Waals surface area contributed by atoms with Gasteiger partial charge in [-0.1, -0.05) is 30.0 Å². The first-order valence-corrected chi connectivity index (χ1v) is 8.94. The lowest BCUT2D eigenvalue weighted by Crippen LogP contribution is -2.13. The number of carbonyl (C=O) groups excluding carboxylic acids is 1. The van der Waals surface area contributed by atoms with Gasteiger partial charge in [-0.3, -0.25) is 14.6 Å². The Bertz CT molecular complexity index is 1080. The van der Waals surface area contributed by atoms with Crippen LogP contribution in [0, 0.1) is 6.92 Å². The number of carbonyl (C=O) groups is 1. The molecule has 7 heteroatoms. The van der Waals surface area contributed by atoms with E-state index in [4.69, 9.17) is 0 Å². The van der Waals surface area contributed by atoms with Gasteiger partial charge in [-0.2, -0.15) is 10.2 Å². The maximum atomic E-state index is 12.9. The number of H-pyrrole nitrogens is 1. The van der Waals surface area contributed by atoms with Crippen LogP contribution in [-0.2, 0) is 7.05 Å². The fraction of sp³-hybridized carbons (Fsp3) is 0.105. The number of aromatic nitrogens is 4. The number of amides is 1. The summed E-state index contributed by atoms with van der Waals surface area (Å²) >= 11 is 1.53. The Balaban J connectivity index is 1.64. The summed E-state index contributed by atoms with van der Waals surface area (Å²) in [4.78, 5) is 14.0. The van der Waals surface area contributed by atoms with Gasteiger partial charge in [0.05, 0.1) is 23.0 Å². The number of rotatable bonds is 4. The predicted molar refractivity (Wildman–Crippen MR) is 103 cm³/mol. The van der Waals surface area contributed by atoms with Gasteiger partial charge in [0.15, 0.2) is 0 Å². The summed E-state index contributed by atoms with van der Waals surface area (Å²) in [6.07, 6.45) is 1.75. The molecule has 1 amide bonds. The van der Waals surface area contributed by atoms with Crippen LogP contribution < -0.4 is 5.32 Å². The molecule has 6 nitrogen and oxygen atoms in total. The molecule has 0 saturated heterocycles. The number of fused-ring (bicyclic) bond motifs is 1. The van der Waals surface area contributed by atoms with Crippen molar-refractivity contribution in [2.45, 2.75) is 16.8 Å². The van der Waals surface area contributed by atoms with Gasteiger partial charge in [0.25, 0.3) is 5.91 Å². The zero-order valence-electron chi connectivity index (χ0n) is 14.4. The number of nitrogens with zero attached hydrogens (tertiary/aromatic N) is 3. The molecule has 0 radical (unpaired) electrons. The lowest BCUT2D eigenvalue weighted by atomic mass is 10.2. The minimum absolute atomic E-state index is 0.173. The molecule has 2 aromatic heterocycles. The molecule has 0 bridgehead atoms. The lowest BCUT2D eigenvalue weighted by Gasteiger charge is -2.08. The Kier molecular flexibility index (Phi) is 4.22. The molecule has 26 heavy (non-hydrogen) atoms. The van der Waals surface area contributed by atoms with E-state index in [1.807, 2.05) is 62.5 Å². The number of aryl methyl sites for hydroxylation is 2. The van der Waals surface area contributed by atoms with E-state index >= 15 is 0 Å². The molecule has 0 aliphatic carbocycles. The first kappa shape index (κ1) is 16.4. The maximum absolute atomic E-state index is 12.9. The van der Waals surface area contributed by atoms with Gasteiger partial charge in [-0.25, -0.2) is 0 Å². The first-order valence-electron chi connectivity index (χ1n) is 8.13. The highest BCUT2D eigenvalue weighted by Gasteiger charge is 2.21. The Morgan fingerprint density at radius 1 is 1.19 bits per heavy atom. The maximum Gasteiger partial charge on any atom is 0.260 e. The summed E-state index contributed by atoms with van der Waals surface area (Å²) < 4.78 is 1.75. The molecule has 0 aliphatic heterocycles. The van der Waals surface area contributed by atoms with E-state index in [2.05, 4.69) is 20.6 Å². The molecular formula is C19H17N5OS. The Morgan fingerprint density at radius 2 is 2.00 bits per heavy atom. The third-order valence-electron chi connectivity index (χ3n) is 4.05. The van der Waals surface area contributed by atoms with Crippen molar-refractivity contribution in [3.8, 4) is 0 Å². The average molecular weight is 363 g/mol. The highest BCUT2D eigenvalue weighted by molar-refractivity contribution is 7.99. The molecule has 0 fully saturated rings. The average Bonchev–Trinajstić information content (AvgIpc) is 3.19. The monoisotopic (exact) mass is 363 g/mol. The molecule has 130 valence electrons. The van der Waals surface area contributed by atoms with Crippen LogP contribution in [0.3, 0.4) is 0 Å². The molecule has 0 unspecified atom stereocenters. The molecule has 4 aromatic rings. The van der Waals surface area contributed by atoms with Crippen molar-refractivity contribution < 1.29 is 4.79 Å². The number of aromatic amines is 1. The fourth-order valence-electron chi connectivity index (χ4n) is 2.82. The zero-order valence-corrected chi connectivity index (χ0v) is 15.2. The number of anilines is 1. The molecule has 2 heterocycles. The van der Waals surface area contributed by atoms with Gasteiger partial charge in [-0.05, 0) is 37.3 Å². The summed E-state index contributed by atoms with van der Waals surface area (Å²) in [5, 5.41) is 16.1. The van der Waals surface area contributed by atoms with Gasteiger partial charge in [0.2, 0.25) is 0 Å². The highest BCUT2D eigenvalue weighted by Crippen LogP contribution is 2.32. The number of hydrogen-bond donors (Lipinski definition) is 2. The summed E-state index contributed by atoms with van der Waals surface area (Å²) in [5.74, 6) is -0.173. The first-order chi connectivity index (χ1) is 12.6. The fourth-order valence-corrected chi connectivity index (χ4v) is 3.86. The van der Waals surface area contributed by atoms with Crippen molar-refractivity contribution in [1.29, 1.82) is 0 Å². The second-order valence-electron chi connectivity index (χ2n) is 5.93. The summed E-state index contributed by atoms with van der Waals surface area (Å²) in [6, 6.07) is 15.6. The largest absolute Gasteiger partial charge is 0.322 e. The summed E-state index contributed by atoms with van der Waals surface area (Å²) in [6.45, 7) is 1.85. The summed E-state index contributed by atoms with van der Waals surface area (Å²) in [7, 11) is 1.85. The predicted octanol–water partition coefficient (Wildman–Crippen LogP) is 4.01. The minimum Gasteiger partial charge on any atom is -0.322 e. The van der Waals surface area contributed by atoms with E-state index < -0.39 is 0 Å². The minimum atomic E-state index is -0.173. The van der Waals surface area contributed by atoms with Gasteiger partial charge in [-0.15, -0.1) is 0 Å². The van der Waals surface area contributed by atoms with E-state index in [1.54, 1.807) is 10.9 Å². The normalized spacial score (nSPS) is 11.0. The van der Waals surface area contributed by atoms with E-state index in [1.165, 1.54) is 11.8 Å². The molecular weight excluding hydrogens is 346 g/mol. The van der Waals surface area contributed by atoms with Gasteiger partial charge < -0.3 is 5.32 Å². The molecule has 2 aromatic carbocycles. The van der Waals surface area contributed by atoms with Crippen molar-refractivity contribution in [3.63, 3.8) is 0 Å². The van der Waals surface area contributed by atoms with Crippen LogP contribution in [0.1, 0.15) is 16.1 Å². The van der Waals surface area contributed by atoms with Crippen LogP contribution in [0.5, 0.6) is 0 Å². The van der Waals surface area contributed by atoms with E-state index in [0.29, 0.717) is 16.9 Å². The number of hydrogen-bond acceptors (Lipinski definition) is 4. The van der Waals surface area contributed by atoms with E-state index in [-0.39, 0.29) is 5.91 Å². The van der Waals surface area contributed by atoms with Crippen LogP contribution in [-0.4, -0.2) is 25.9 Å². The Morgan fingerprint density at radius 3 is 2.81 bits per heavy atom. The topological polar surface area (TPSA) is 75.6 Å². The third-order valence-corrected chi connectivity index (χ3v) is 5.22. The van der Waals surface area contributed by atoms with Gasteiger partial charge in [0.1, 0.15) is 5.03 Å². The molecule has 0 aliphatic rings. The van der Waals surface area contributed by atoms with E-state index in [9.17, 15) is 4.79 Å². The third kappa shape index (κ3) is 3.09. The van der Waals surface area contributed by atoms with Crippen LogP contribution >= 0.6 is 11.8 Å². The van der Waals surface area contributed by atoms with Crippen molar-refractivity contribution in [1.82, 2.24) is 20.0 Å². The zero-order chi connectivity index (χ0) is 18.1. The number of benzene rings is 2. The number of nitrogens with one attached hydrogen (secondary N) is 2. The smallest absolute Gasteiger partial charge is 0.260 e. The van der Waals surface area contributed by atoms with Crippen LogP contribution in [0.15, 0.2) is 64.6 Å². The van der Waals surface area contributed by atoms with Gasteiger partial charge in [0, 0.05) is 23.0 Å². The summed E-state index contributed by atoms with van der Waals surface area (Å²) in [5.41, 5.74) is 2.88. The second kappa shape index (κ2) is 6.68. The molecule has 2 N–H and O–H groups in total. The van der Waals surface area contributed by atoms with Crippen molar-refractivity contribution in [3.05, 3.63) is 66.0 Å². The molecule has 4 rings (SSSR count). The SMILES string of the molecule is Cc1nn(C)c(Sc2ccccc2)c1C(=O)Nc1ccc2cn[nH]c2c1.